The molecule has 0 unspecified atom stereocenters. The summed E-state index contributed by atoms with van der Waals surface area (Å²) in [6, 6.07) is 7.86. The summed E-state index contributed by atoms with van der Waals surface area (Å²) in [5, 5.41) is 9.18. The fourth-order valence-corrected chi connectivity index (χ4v) is 2.98. The predicted octanol–water partition coefficient (Wildman–Crippen LogP) is 3.90. The molecule has 1 amide bonds. The highest BCUT2D eigenvalue weighted by Gasteiger charge is 2.39. The summed E-state index contributed by atoms with van der Waals surface area (Å²) in [5.74, 6) is -0.805. The van der Waals surface area contributed by atoms with E-state index in [1.54, 1.807) is 10.9 Å². The summed E-state index contributed by atoms with van der Waals surface area (Å²) in [6.07, 6.45) is -1.76. The van der Waals surface area contributed by atoms with Gasteiger partial charge in [0.1, 0.15) is 10.7 Å². The number of benzene rings is 1. The second-order valence-electron chi connectivity index (χ2n) is 6.00. The quantitative estimate of drug-likeness (QED) is 0.726. The van der Waals surface area contributed by atoms with Gasteiger partial charge in [-0.15, -0.1) is 0 Å². The molecule has 0 fully saturated rings. The topological polar surface area (TPSA) is 64.7 Å². The number of nitrogens with one attached hydrogen (secondary N) is 1. The van der Waals surface area contributed by atoms with E-state index in [9.17, 15) is 18.0 Å². The van der Waals surface area contributed by atoms with Crippen molar-refractivity contribution in [1.29, 1.82) is 0 Å². The molecule has 0 saturated carbocycles. The first-order valence-electron chi connectivity index (χ1n) is 7.84. The number of halogens is 4. The first-order valence-corrected chi connectivity index (χ1v) is 8.22. The fraction of sp³-hybridized carbons (Fsp3) is 0.235. The molecule has 0 atom stereocenters. The average molecular weight is 398 g/mol. The van der Waals surface area contributed by atoms with Crippen LogP contribution in [-0.2, 0) is 19.8 Å². The highest BCUT2D eigenvalue weighted by atomic mass is 35.5. The van der Waals surface area contributed by atoms with Crippen molar-refractivity contribution >= 4 is 23.2 Å². The zero-order chi connectivity index (χ0) is 19.8. The van der Waals surface area contributed by atoms with Crippen molar-refractivity contribution in [2.75, 3.05) is 5.32 Å². The average Bonchev–Trinajstić information content (AvgIpc) is 3.10. The molecule has 0 spiro atoms. The Morgan fingerprint density at radius 2 is 2.07 bits per heavy atom. The number of rotatable bonds is 4. The summed E-state index contributed by atoms with van der Waals surface area (Å²) >= 11 is 5.72. The first kappa shape index (κ1) is 19.0. The van der Waals surface area contributed by atoms with Gasteiger partial charge in [-0.1, -0.05) is 41.4 Å². The largest absolute Gasteiger partial charge is 0.436 e. The van der Waals surface area contributed by atoms with Crippen molar-refractivity contribution in [1.82, 2.24) is 19.6 Å². The van der Waals surface area contributed by atoms with E-state index >= 15 is 0 Å². The minimum atomic E-state index is -4.74. The van der Waals surface area contributed by atoms with Crippen molar-refractivity contribution in [2.24, 2.45) is 7.05 Å². The van der Waals surface area contributed by atoms with Crippen LogP contribution in [0, 0.1) is 6.92 Å². The van der Waals surface area contributed by atoms with Gasteiger partial charge in [-0.3, -0.25) is 14.2 Å². The molecule has 1 aromatic carbocycles. The van der Waals surface area contributed by atoms with Crippen molar-refractivity contribution in [3.8, 4) is 0 Å². The van der Waals surface area contributed by atoms with Crippen LogP contribution < -0.4 is 5.32 Å². The summed E-state index contributed by atoms with van der Waals surface area (Å²) in [5.41, 5.74) is 0.792. The number of anilines is 1. The highest BCUT2D eigenvalue weighted by molar-refractivity contribution is 6.34. The third kappa shape index (κ3) is 4.13. The number of hydrogen-bond acceptors (Lipinski definition) is 3. The van der Waals surface area contributed by atoms with Crippen LogP contribution in [0.3, 0.4) is 0 Å². The lowest BCUT2D eigenvalue weighted by Gasteiger charge is -2.04. The second kappa shape index (κ2) is 7.07. The Hall–Kier alpha value is -2.81. The van der Waals surface area contributed by atoms with E-state index < -0.39 is 22.8 Å². The molecular weight excluding hydrogens is 383 g/mol. The lowest BCUT2D eigenvalue weighted by Crippen LogP contribution is -2.16. The molecule has 2 heterocycles. The molecule has 0 aliphatic rings. The monoisotopic (exact) mass is 397 g/mol. The number of alkyl halides is 3. The summed E-state index contributed by atoms with van der Waals surface area (Å²) in [4.78, 5) is 12.3. The zero-order valence-corrected chi connectivity index (χ0v) is 15.1. The van der Waals surface area contributed by atoms with E-state index in [2.05, 4.69) is 15.5 Å². The van der Waals surface area contributed by atoms with Gasteiger partial charge in [0.15, 0.2) is 5.69 Å². The summed E-state index contributed by atoms with van der Waals surface area (Å²) < 4.78 is 41.0. The molecule has 27 heavy (non-hydrogen) atoms. The Morgan fingerprint density at radius 3 is 2.70 bits per heavy atom. The standard InChI is InChI=1S/C17H15ClF3N5O/c1-10-4-3-5-11(6-10)8-26-9-12(7-22-26)23-16(27)14-13(18)15(17(19,20)21)24-25(14)2/h3-7,9H,8H2,1-2H3,(H,23,27). The van der Waals surface area contributed by atoms with Gasteiger partial charge in [0, 0.05) is 13.2 Å². The number of nitrogens with zero attached hydrogens (tertiary/aromatic N) is 4. The van der Waals surface area contributed by atoms with Crippen LogP contribution in [0.25, 0.3) is 0 Å². The minimum Gasteiger partial charge on any atom is -0.318 e. The summed E-state index contributed by atoms with van der Waals surface area (Å²) in [6.45, 7) is 2.47. The van der Waals surface area contributed by atoms with Gasteiger partial charge in [0.05, 0.1) is 18.4 Å². The molecule has 3 rings (SSSR count). The van der Waals surface area contributed by atoms with Gasteiger partial charge in [-0.05, 0) is 12.5 Å². The van der Waals surface area contributed by atoms with Gasteiger partial charge < -0.3 is 5.32 Å². The van der Waals surface area contributed by atoms with E-state index in [1.807, 2.05) is 31.2 Å². The maximum absolute atomic E-state index is 12.9. The fourth-order valence-electron chi connectivity index (χ4n) is 2.63. The van der Waals surface area contributed by atoms with Crippen LogP contribution in [0.1, 0.15) is 27.3 Å². The molecule has 6 nitrogen and oxygen atoms in total. The smallest absolute Gasteiger partial charge is 0.318 e. The molecule has 0 radical (unpaired) electrons. The number of hydrogen-bond donors (Lipinski definition) is 1. The van der Waals surface area contributed by atoms with E-state index in [-0.39, 0.29) is 5.69 Å². The molecule has 142 valence electrons. The first-order chi connectivity index (χ1) is 12.6. The van der Waals surface area contributed by atoms with E-state index in [0.29, 0.717) is 12.2 Å². The lowest BCUT2D eigenvalue weighted by atomic mass is 10.1. The Balaban J connectivity index is 1.76. The van der Waals surface area contributed by atoms with Crippen LogP contribution in [-0.4, -0.2) is 25.5 Å². The van der Waals surface area contributed by atoms with Crippen LogP contribution in [0.2, 0.25) is 5.02 Å². The number of aromatic nitrogens is 4. The highest BCUT2D eigenvalue weighted by Crippen LogP contribution is 2.35. The second-order valence-corrected chi connectivity index (χ2v) is 6.38. The van der Waals surface area contributed by atoms with E-state index in [1.165, 1.54) is 13.2 Å². The Bertz CT molecular complexity index is 993. The number of aryl methyl sites for hydroxylation is 2. The third-order valence-electron chi connectivity index (χ3n) is 3.79. The molecule has 0 aliphatic carbocycles. The van der Waals surface area contributed by atoms with Crippen LogP contribution in [0.5, 0.6) is 0 Å². The van der Waals surface area contributed by atoms with Crippen molar-refractivity contribution in [2.45, 2.75) is 19.6 Å². The Labute approximate surface area is 157 Å². The summed E-state index contributed by atoms with van der Waals surface area (Å²) in [7, 11) is 1.22. The minimum absolute atomic E-state index is 0.332. The van der Waals surface area contributed by atoms with Crippen LogP contribution >= 0.6 is 11.6 Å². The molecule has 10 heteroatoms. The molecule has 0 bridgehead atoms. The molecule has 2 aromatic heterocycles. The number of amides is 1. The van der Waals surface area contributed by atoms with Gasteiger partial charge in [0.25, 0.3) is 5.91 Å². The maximum Gasteiger partial charge on any atom is 0.436 e. The maximum atomic E-state index is 12.9. The molecule has 0 aliphatic heterocycles. The lowest BCUT2D eigenvalue weighted by molar-refractivity contribution is -0.141. The Morgan fingerprint density at radius 1 is 1.33 bits per heavy atom. The Kier molecular flexibility index (Phi) is 4.97. The van der Waals surface area contributed by atoms with Crippen LogP contribution in [0.15, 0.2) is 36.7 Å². The van der Waals surface area contributed by atoms with Gasteiger partial charge in [0.2, 0.25) is 0 Å². The predicted molar refractivity (Wildman–Crippen MR) is 93.7 cm³/mol. The molecular formula is C17H15ClF3N5O. The SMILES string of the molecule is Cc1cccc(Cn2cc(NC(=O)c3c(Cl)c(C(F)(F)F)nn3C)cn2)c1. The normalized spacial score (nSPS) is 11.6. The number of carbonyl (C=O) groups excluding carboxylic acids is 1. The van der Waals surface area contributed by atoms with Gasteiger partial charge in [-0.2, -0.15) is 23.4 Å². The van der Waals surface area contributed by atoms with Gasteiger partial charge in [-0.25, -0.2) is 0 Å². The number of carbonyl (C=O) groups is 1. The van der Waals surface area contributed by atoms with Crippen molar-refractivity contribution in [3.63, 3.8) is 0 Å². The van der Waals surface area contributed by atoms with Crippen molar-refractivity contribution in [3.05, 3.63) is 64.2 Å². The molecule has 1 N–H and O–H groups in total. The molecule has 0 saturated heterocycles. The van der Waals surface area contributed by atoms with Gasteiger partial charge >= 0.3 is 6.18 Å². The van der Waals surface area contributed by atoms with E-state index in [4.69, 9.17) is 11.6 Å². The van der Waals surface area contributed by atoms with E-state index in [0.717, 1.165) is 15.8 Å². The zero-order valence-electron chi connectivity index (χ0n) is 14.4. The third-order valence-corrected chi connectivity index (χ3v) is 4.15. The van der Waals surface area contributed by atoms with Crippen LogP contribution in [0.4, 0.5) is 18.9 Å². The van der Waals surface area contributed by atoms with Crippen molar-refractivity contribution < 1.29 is 18.0 Å². The molecule has 3 aromatic rings.